The molecule has 1 aliphatic rings. The molecule has 1 fully saturated rings. The van der Waals surface area contributed by atoms with Gasteiger partial charge in [0, 0.05) is 37.0 Å². The normalized spacial score (nSPS) is 17.9. The lowest BCUT2D eigenvalue weighted by molar-refractivity contribution is 0.0866. The van der Waals surface area contributed by atoms with Gasteiger partial charge in [-0.15, -0.1) is 0 Å². The van der Waals surface area contributed by atoms with Crippen molar-refractivity contribution in [3.63, 3.8) is 0 Å². The fourth-order valence-corrected chi connectivity index (χ4v) is 3.38. The molecule has 3 rings (SSSR count). The maximum absolute atomic E-state index is 14.1. The highest BCUT2D eigenvalue weighted by atomic mass is 19.1. The first-order chi connectivity index (χ1) is 14.9. The molecule has 9 nitrogen and oxygen atoms in total. The number of methoxy groups -OCH3 is 2. The predicted molar refractivity (Wildman–Crippen MR) is 112 cm³/mol. The number of ether oxygens (including phenoxy) is 3. The van der Waals surface area contributed by atoms with E-state index in [4.69, 9.17) is 14.2 Å². The van der Waals surface area contributed by atoms with Crippen molar-refractivity contribution in [2.75, 3.05) is 38.0 Å². The van der Waals surface area contributed by atoms with E-state index in [9.17, 15) is 14.0 Å². The minimum atomic E-state index is -0.568. The van der Waals surface area contributed by atoms with Crippen molar-refractivity contribution in [2.24, 2.45) is 0 Å². The van der Waals surface area contributed by atoms with Gasteiger partial charge in [-0.2, -0.15) is 0 Å². The number of halogens is 1. The van der Waals surface area contributed by atoms with E-state index in [2.05, 4.69) is 15.6 Å². The zero-order chi connectivity index (χ0) is 22.4. The summed E-state index contributed by atoms with van der Waals surface area (Å²) in [5.74, 6) is -0.332. The van der Waals surface area contributed by atoms with Crippen molar-refractivity contribution in [3.05, 3.63) is 48.0 Å². The Balaban J connectivity index is 1.64. The number of anilines is 2. The Bertz CT molecular complexity index is 924. The molecule has 0 aliphatic carbocycles. The van der Waals surface area contributed by atoms with Crippen LogP contribution in [0, 0.1) is 12.7 Å². The topological polar surface area (TPSA) is 102 Å². The predicted octanol–water partition coefficient (Wildman–Crippen LogP) is 3.41. The first-order valence-electron chi connectivity index (χ1n) is 9.69. The number of amides is 3. The van der Waals surface area contributed by atoms with Gasteiger partial charge in [0.25, 0.3) is 0 Å². The number of aromatic nitrogens is 1. The summed E-state index contributed by atoms with van der Waals surface area (Å²) in [5, 5.41) is 5.20. The summed E-state index contributed by atoms with van der Waals surface area (Å²) in [7, 11) is 2.86. The van der Waals surface area contributed by atoms with Gasteiger partial charge in [0.2, 0.25) is 0 Å². The highest BCUT2D eigenvalue weighted by Gasteiger charge is 2.37. The number of benzene rings is 1. The quantitative estimate of drug-likeness (QED) is 0.725. The van der Waals surface area contributed by atoms with E-state index in [1.807, 2.05) is 6.92 Å². The van der Waals surface area contributed by atoms with Crippen LogP contribution < -0.4 is 15.4 Å². The number of hydrogen-bond acceptors (Lipinski definition) is 6. The van der Waals surface area contributed by atoms with E-state index in [0.717, 1.165) is 5.69 Å². The third-order valence-corrected chi connectivity index (χ3v) is 4.75. The molecule has 1 aliphatic heterocycles. The van der Waals surface area contributed by atoms with E-state index in [-0.39, 0.29) is 30.1 Å². The Kier molecular flexibility index (Phi) is 7.24. The van der Waals surface area contributed by atoms with Gasteiger partial charge in [-0.05, 0) is 25.1 Å². The molecule has 31 heavy (non-hydrogen) atoms. The molecule has 0 spiro atoms. The van der Waals surface area contributed by atoms with Crippen LogP contribution in [0.1, 0.15) is 12.1 Å². The zero-order valence-corrected chi connectivity index (χ0v) is 17.6. The number of urea groups is 1. The van der Waals surface area contributed by atoms with Crippen LogP contribution in [-0.2, 0) is 9.47 Å². The lowest BCUT2D eigenvalue weighted by atomic mass is 10.2. The van der Waals surface area contributed by atoms with E-state index in [0.29, 0.717) is 18.7 Å². The molecule has 0 radical (unpaired) electrons. The molecule has 1 saturated heterocycles. The largest absolute Gasteiger partial charge is 0.488 e. The van der Waals surface area contributed by atoms with Crippen LogP contribution in [-0.4, -0.2) is 61.5 Å². The molecule has 2 atom stereocenters. The van der Waals surface area contributed by atoms with Gasteiger partial charge < -0.3 is 24.8 Å². The highest BCUT2D eigenvalue weighted by molar-refractivity contribution is 5.99. The fraction of sp³-hybridized carbons (Fsp3) is 0.381. The van der Waals surface area contributed by atoms with E-state index in [1.54, 1.807) is 19.2 Å². The summed E-state index contributed by atoms with van der Waals surface area (Å²) in [6.45, 7) is 2.45. The zero-order valence-electron chi connectivity index (χ0n) is 17.6. The van der Waals surface area contributed by atoms with Gasteiger partial charge in [-0.1, -0.05) is 0 Å². The molecule has 2 N–H and O–H groups in total. The van der Waals surface area contributed by atoms with Crippen molar-refractivity contribution in [1.82, 2.24) is 9.88 Å². The standard InChI is InChI=1S/C21H25FN4O5/c1-13-4-5-15(10-23-13)24-20(27)25-16-6-14(22)7-18(8-16)31-19-9-17(12-29-2)26(11-19)21(28)30-3/h4-8,10,17,19H,9,11-12H2,1-3H3,(H2,24,25,27)/t17-,19+/m0/s1. The first-order valence-corrected chi connectivity index (χ1v) is 9.69. The summed E-state index contributed by atoms with van der Waals surface area (Å²) in [5.41, 5.74) is 1.56. The molecule has 2 heterocycles. The molecule has 2 aromatic rings. The number of hydrogen-bond donors (Lipinski definition) is 2. The Morgan fingerprint density at radius 3 is 2.65 bits per heavy atom. The smallest absolute Gasteiger partial charge is 0.409 e. The van der Waals surface area contributed by atoms with Crippen LogP contribution in [0.25, 0.3) is 0 Å². The second-order valence-electron chi connectivity index (χ2n) is 7.15. The van der Waals surface area contributed by atoms with Crippen LogP contribution in [0.15, 0.2) is 36.5 Å². The molecule has 1 aromatic carbocycles. The number of likely N-dealkylation sites (tertiary alicyclic amines) is 1. The number of nitrogens with one attached hydrogen (secondary N) is 2. The van der Waals surface area contributed by atoms with Crippen LogP contribution in [0.2, 0.25) is 0 Å². The molecule has 3 amide bonds. The van der Waals surface area contributed by atoms with E-state index < -0.39 is 17.9 Å². The van der Waals surface area contributed by atoms with Crippen molar-refractivity contribution in [3.8, 4) is 5.75 Å². The molecule has 0 saturated carbocycles. The Labute approximate surface area is 179 Å². The highest BCUT2D eigenvalue weighted by Crippen LogP contribution is 2.27. The maximum Gasteiger partial charge on any atom is 0.409 e. The summed E-state index contributed by atoms with van der Waals surface area (Å²) in [4.78, 5) is 29.8. The molecule has 10 heteroatoms. The van der Waals surface area contributed by atoms with E-state index >= 15 is 0 Å². The lowest BCUT2D eigenvalue weighted by Gasteiger charge is -2.21. The van der Waals surface area contributed by atoms with Gasteiger partial charge in [-0.3, -0.25) is 9.88 Å². The molecule has 0 unspecified atom stereocenters. The molecular weight excluding hydrogens is 407 g/mol. The van der Waals surface area contributed by atoms with Crippen LogP contribution in [0.5, 0.6) is 5.75 Å². The van der Waals surface area contributed by atoms with Gasteiger partial charge >= 0.3 is 12.1 Å². The monoisotopic (exact) mass is 432 g/mol. The van der Waals surface area contributed by atoms with Crippen LogP contribution in [0.4, 0.5) is 25.4 Å². The fourth-order valence-electron chi connectivity index (χ4n) is 3.38. The van der Waals surface area contributed by atoms with Crippen molar-refractivity contribution in [2.45, 2.75) is 25.5 Å². The minimum Gasteiger partial charge on any atom is -0.488 e. The van der Waals surface area contributed by atoms with Crippen LogP contribution >= 0.6 is 0 Å². The minimum absolute atomic E-state index is 0.206. The SMILES string of the molecule is COC[C@@H]1C[C@@H](Oc2cc(F)cc(NC(=O)Nc3ccc(C)nc3)c2)CN1C(=O)OC. The second-order valence-corrected chi connectivity index (χ2v) is 7.15. The third kappa shape index (κ3) is 6.05. The first kappa shape index (κ1) is 22.3. The van der Waals surface area contributed by atoms with Gasteiger partial charge in [0.15, 0.2) is 0 Å². The van der Waals surface area contributed by atoms with E-state index in [1.165, 1.54) is 36.4 Å². The number of carbonyl (C=O) groups excluding carboxylic acids is 2. The molecular formula is C21H25FN4O5. The molecule has 0 bridgehead atoms. The second kappa shape index (κ2) is 10.1. The Morgan fingerprint density at radius 2 is 1.97 bits per heavy atom. The average Bonchev–Trinajstić information content (AvgIpc) is 3.11. The molecule has 166 valence electrons. The number of nitrogens with zero attached hydrogens (tertiary/aromatic N) is 2. The number of carbonyl (C=O) groups is 2. The third-order valence-electron chi connectivity index (χ3n) is 4.75. The summed E-state index contributed by atoms with van der Waals surface area (Å²) in [6.07, 6.45) is 1.18. The number of rotatable bonds is 6. The summed E-state index contributed by atoms with van der Waals surface area (Å²) < 4.78 is 30.0. The number of aryl methyl sites for hydroxylation is 1. The average molecular weight is 432 g/mol. The van der Waals surface area contributed by atoms with Gasteiger partial charge in [0.1, 0.15) is 17.7 Å². The van der Waals surface area contributed by atoms with Gasteiger partial charge in [0.05, 0.1) is 38.2 Å². The van der Waals surface area contributed by atoms with Crippen molar-refractivity contribution in [1.29, 1.82) is 0 Å². The van der Waals surface area contributed by atoms with Gasteiger partial charge in [-0.25, -0.2) is 14.0 Å². The van der Waals surface area contributed by atoms with Crippen LogP contribution in [0.3, 0.4) is 0 Å². The maximum atomic E-state index is 14.1. The summed E-state index contributed by atoms with van der Waals surface area (Å²) in [6, 6.07) is 6.65. The summed E-state index contributed by atoms with van der Waals surface area (Å²) >= 11 is 0. The Morgan fingerprint density at radius 1 is 1.19 bits per heavy atom. The molecule has 1 aromatic heterocycles. The number of pyridine rings is 1. The lowest BCUT2D eigenvalue weighted by Crippen LogP contribution is -2.38. The van der Waals surface area contributed by atoms with Crippen molar-refractivity contribution < 1.29 is 28.2 Å². The Hall–Kier alpha value is -3.40. The van der Waals surface area contributed by atoms with Crippen molar-refractivity contribution >= 4 is 23.5 Å².